The Kier molecular flexibility index (Phi) is 7.05. The molecule has 0 aromatic carbocycles. The van der Waals surface area contributed by atoms with Crippen LogP contribution in [0.3, 0.4) is 0 Å². The first kappa shape index (κ1) is 16.1. The minimum Gasteiger partial charge on any atom is -0.409 e. The predicted molar refractivity (Wildman–Crippen MR) is 79.5 cm³/mol. The third kappa shape index (κ3) is 4.60. The topological polar surface area (TPSA) is 87.7 Å². The average molecular weight is 287 g/mol. The first-order valence-electron chi connectivity index (χ1n) is 7.03. The number of rotatable bonds is 7. The fraction of sp³-hybridized carbons (Fsp3) is 0.846. The molecule has 1 aliphatic rings. The Morgan fingerprint density at radius 1 is 1.53 bits per heavy atom. The van der Waals surface area contributed by atoms with Crippen molar-refractivity contribution in [3.63, 3.8) is 0 Å². The molecule has 110 valence electrons. The monoisotopic (exact) mass is 287 g/mol. The number of nitrogens with zero attached hydrogens (tertiary/aromatic N) is 1. The molecule has 1 aliphatic carbocycles. The van der Waals surface area contributed by atoms with Crippen molar-refractivity contribution in [3.05, 3.63) is 0 Å². The number of amidine groups is 1. The summed E-state index contributed by atoms with van der Waals surface area (Å²) in [5.41, 5.74) is 5.61. The lowest BCUT2D eigenvalue weighted by Gasteiger charge is -2.23. The van der Waals surface area contributed by atoms with Crippen molar-refractivity contribution < 1.29 is 10.0 Å². The molecule has 0 aliphatic heterocycles. The fourth-order valence-electron chi connectivity index (χ4n) is 2.56. The number of hydrogen-bond acceptors (Lipinski definition) is 4. The van der Waals surface area contributed by atoms with Gasteiger partial charge in [0.25, 0.3) is 0 Å². The van der Waals surface area contributed by atoms with Crippen molar-refractivity contribution in [3.8, 4) is 0 Å². The lowest BCUT2D eigenvalue weighted by atomic mass is 10.0. The fourth-order valence-corrected chi connectivity index (χ4v) is 3.76. The summed E-state index contributed by atoms with van der Waals surface area (Å²) in [6.45, 7) is 4.12. The maximum atomic E-state index is 12.2. The van der Waals surface area contributed by atoms with Gasteiger partial charge in [-0.25, -0.2) is 0 Å². The molecule has 4 N–H and O–H groups in total. The van der Waals surface area contributed by atoms with Crippen LogP contribution in [0.5, 0.6) is 0 Å². The largest absolute Gasteiger partial charge is 0.409 e. The second kappa shape index (κ2) is 8.30. The Hall–Kier alpha value is -0.910. The number of carbonyl (C=O) groups is 1. The van der Waals surface area contributed by atoms with Crippen LogP contribution in [0.1, 0.15) is 46.0 Å². The van der Waals surface area contributed by atoms with Crippen molar-refractivity contribution in [2.45, 2.75) is 57.2 Å². The van der Waals surface area contributed by atoms with Crippen LogP contribution in [0, 0.1) is 5.92 Å². The van der Waals surface area contributed by atoms with Crippen LogP contribution in [-0.4, -0.2) is 34.0 Å². The molecule has 1 saturated carbocycles. The lowest BCUT2D eigenvalue weighted by Crippen LogP contribution is -2.45. The highest BCUT2D eigenvalue weighted by Gasteiger charge is 2.31. The van der Waals surface area contributed by atoms with Gasteiger partial charge in [-0.3, -0.25) is 4.79 Å². The molecule has 0 saturated heterocycles. The molecule has 5 nitrogen and oxygen atoms in total. The minimum atomic E-state index is -0.511. The molecule has 3 atom stereocenters. The van der Waals surface area contributed by atoms with Crippen LogP contribution in [0.25, 0.3) is 0 Å². The van der Waals surface area contributed by atoms with Gasteiger partial charge in [-0.2, -0.15) is 11.8 Å². The van der Waals surface area contributed by atoms with Crippen molar-refractivity contribution in [2.75, 3.05) is 5.75 Å². The first-order valence-corrected chi connectivity index (χ1v) is 8.08. The highest BCUT2D eigenvalue weighted by atomic mass is 32.2. The molecule has 1 rings (SSSR count). The van der Waals surface area contributed by atoms with Crippen molar-refractivity contribution in [1.82, 2.24) is 5.32 Å². The van der Waals surface area contributed by atoms with Crippen molar-refractivity contribution >= 4 is 23.5 Å². The Morgan fingerprint density at radius 2 is 2.26 bits per heavy atom. The summed E-state index contributed by atoms with van der Waals surface area (Å²) in [4.78, 5) is 12.2. The smallest absolute Gasteiger partial charge is 0.231 e. The average Bonchev–Trinajstić information content (AvgIpc) is 2.83. The highest BCUT2D eigenvalue weighted by molar-refractivity contribution is 7.99. The molecule has 0 aromatic heterocycles. The first-order chi connectivity index (χ1) is 9.13. The number of oxime groups is 1. The van der Waals surface area contributed by atoms with E-state index in [0.29, 0.717) is 11.7 Å². The van der Waals surface area contributed by atoms with E-state index in [1.807, 2.05) is 18.7 Å². The third-order valence-electron chi connectivity index (χ3n) is 3.53. The van der Waals surface area contributed by atoms with Crippen molar-refractivity contribution in [2.24, 2.45) is 16.8 Å². The van der Waals surface area contributed by atoms with Gasteiger partial charge in [-0.1, -0.05) is 31.8 Å². The predicted octanol–water partition coefficient (Wildman–Crippen LogP) is 1.94. The SMILES string of the molecule is CCCC(C(=O)NC1CCCC1SCC)C(N)=NO. The van der Waals surface area contributed by atoms with E-state index >= 15 is 0 Å². The van der Waals surface area contributed by atoms with E-state index < -0.39 is 5.92 Å². The number of thioether (sulfide) groups is 1. The summed E-state index contributed by atoms with van der Waals surface area (Å²) in [5.74, 6) is 0.459. The summed E-state index contributed by atoms with van der Waals surface area (Å²) in [7, 11) is 0. The number of hydrogen-bond donors (Lipinski definition) is 3. The normalized spacial score (nSPS) is 25.3. The Balaban J connectivity index is 2.60. The zero-order chi connectivity index (χ0) is 14.3. The lowest BCUT2D eigenvalue weighted by molar-refractivity contribution is -0.123. The molecule has 6 heteroatoms. The maximum Gasteiger partial charge on any atom is 0.231 e. The molecular weight excluding hydrogens is 262 g/mol. The number of nitrogens with two attached hydrogens (primary N) is 1. The van der Waals surface area contributed by atoms with E-state index in [4.69, 9.17) is 10.9 Å². The molecule has 0 radical (unpaired) electrons. The number of carbonyl (C=O) groups excluding carboxylic acids is 1. The van der Waals surface area contributed by atoms with Crippen molar-refractivity contribution in [1.29, 1.82) is 0 Å². The molecule has 0 aromatic rings. The van der Waals surface area contributed by atoms with Gasteiger partial charge in [-0.15, -0.1) is 0 Å². The van der Waals surface area contributed by atoms with Gasteiger partial charge in [0.1, 0.15) is 0 Å². The van der Waals surface area contributed by atoms with Crippen LogP contribution in [0.4, 0.5) is 0 Å². The molecule has 1 amide bonds. The van der Waals surface area contributed by atoms with Crippen LogP contribution in [-0.2, 0) is 4.79 Å². The zero-order valence-corrected chi connectivity index (χ0v) is 12.6. The second-order valence-electron chi connectivity index (χ2n) is 4.91. The molecule has 1 fully saturated rings. The molecular formula is C13H25N3O2S. The standard InChI is InChI=1S/C13H25N3O2S/c1-3-6-9(12(14)16-18)13(17)15-10-7-5-8-11(10)19-4-2/h9-11,18H,3-8H2,1-2H3,(H2,14,16)(H,15,17). The van der Waals surface area contributed by atoms with E-state index in [0.717, 1.165) is 31.4 Å². The van der Waals surface area contributed by atoms with Gasteiger partial charge >= 0.3 is 0 Å². The van der Waals surface area contributed by atoms with Gasteiger partial charge in [0.15, 0.2) is 5.84 Å². The van der Waals surface area contributed by atoms with E-state index in [9.17, 15) is 4.79 Å². The molecule has 0 spiro atoms. The zero-order valence-electron chi connectivity index (χ0n) is 11.8. The van der Waals surface area contributed by atoms with Crippen LogP contribution in [0.15, 0.2) is 5.16 Å². The van der Waals surface area contributed by atoms with Crippen LogP contribution >= 0.6 is 11.8 Å². The van der Waals surface area contributed by atoms with Crippen LogP contribution < -0.4 is 11.1 Å². The van der Waals surface area contributed by atoms with Gasteiger partial charge in [0.05, 0.1) is 5.92 Å². The summed E-state index contributed by atoms with van der Waals surface area (Å²) in [5, 5.41) is 15.3. The molecule has 3 unspecified atom stereocenters. The molecule has 19 heavy (non-hydrogen) atoms. The van der Waals surface area contributed by atoms with Gasteiger partial charge in [-0.05, 0) is 25.0 Å². The van der Waals surface area contributed by atoms with Gasteiger partial charge < -0.3 is 16.3 Å². The maximum absolute atomic E-state index is 12.2. The quantitative estimate of drug-likeness (QED) is 0.289. The van der Waals surface area contributed by atoms with E-state index in [-0.39, 0.29) is 17.8 Å². The van der Waals surface area contributed by atoms with E-state index in [1.165, 1.54) is 0 Å². The highest BCUT2D eigenvalue weighted by Crippen LogP contribution is 2.30. The third-order valence-corrected chi connectivity index (χ3v) is 4.85. The van der Waals surface area contributed by atoms with E-state index in [1.54, 1.807) is 0 Å². The summed E-state index contributed by atoms with van der Waals surface area (Å²) in [6, 6.07) is 0.225. The van der Waals surface area contributed by atoms with Gasteiger partial charge in [0, 0.05) is 11.3 Å². The Labute approximate surface area is 119 Å². The molecule has 0 heterocycles. The summed E-state index contributed by atoms with van der Waals surface area (Å²) >= 11 is 1.90. The summed E-state index contributed by atoms with van der Waals surface area (Å²) in [6.07, 6.45) is 4.78. The summed E-state index contributed by atoms with van der Waals surface area (Å²) < 4.78 is 0. The number of nitrogens with one attached hydrogen (secondary N) is 1. The van der Waals surface area contributed by atoms with Crippen LogP contribution in [0.2, 0.25) is 0 Å². The van der Waals surface area contributed by atoms with E-state index in [2.05, 4.69) is 17.4 Å². The van der Waals surface area contributed by atoms with Gasteiger partial charge in [0.2, 0.25) is 5.91 Å². The minimum absolute atomic E-state index is 0.0111. The number of amides is 1. The Morgan fingerprint density at radius 3 is 2.84 bits per heavy atom. The second-order valence-corrected chi connectivity index (χ2v) is 6.42. The Bertz CT molecular complexity index is 323. The molecule has 0 bridgehead atoms.